The van der Waals surface area contributed by atoms with E-state index in [0.717, 1.165) is 5.56 Å². The number of nitrogens with one attached hydrogen (secondary N) is 3. The van der Waals surface area contributed by atoms with Gasteiger partial charge in [0.1, 0.15) is 5.75 Å². The minimum atomic E-state index is -0.348. The molecule has 136 valence electrons. The minimum Gasteiger partial charge on any atom is -0.495 e. The van der Waals surface area contributed by atoms with E-state index >= 15 is 0 Å². The largest absolute Gasteiger partial charge is 0.495 e. The maximum absolute atomic E-state index is 12.1. The van der Waals surface area contributed by atoms with Crippen molar-refractivity contribution < 1.29 is 14.3 Å². The zero-order chi connectivity index (χ0) is 19.1. The van der Waals surface area contributed by atoms with Crippen LogP contribution in [0.2, 0.25) is 5.02 Å². The molecule has 0 atom stereocenters. The molecule has 2 aromatic carbocycles. The summed E-state index contributed by atoms with van der Waals surface area (Å²) in [5, 5.41) is 3.30. The molecule has 0 aromatic heterocycles. The molecule has 6 nitrogen and oxygen atoms in total. The highest BCUT2D eigenvalue weighted by Gasteiger charge is 2.08. The number of amides is 2. The van der Waals surface area contributed by atoms with Gasteiger partial charge in [-0.1, -0.05) is 17.7 Å². The van der Waals surface area contributed by atoms with Gasteiger partial charge >= 0.3 is 0 Å². The topological polar surface area (TPSA) is 79.5 Å². The second-order valence-corrected chi connectivity index (χ2v) is 6.04. The van der Waals surface area contributed by atoms with Gasteiger partial charge in [0.15, 0.2) is 0 Å². The van der Waals surface area contributed by atoms with Gasteiger partial charge in [0.25, 0.3) is 5.91 Å². The number of halogens is 1. The van der Waals surface area contributed by atoms with Crippen LogP contribution in [0.5, 0.6) is 5.75 Å². The molecule has 3 N–H and O–H groups in total. The fourth-order valence-corrected chi connectivity index (χ4v) is 2.28. The van der Waals surface area contributed by atoms with Crippen molar-refractivity contribution in [1.29, 1.82) is 0 Å². The van der Waals surface area contributed by atoms with Gasteiger partial charge in [-0.25, -0.2) is 0 Å². The van der Waals surface area contributed by atoms with E-state index in [4.69, 9.17) is 16.3 Å². The number of hydrazine groups is 1. The van der Waals surface area contributed by atoms with Gasteiger partial charge in [0.2, 0.25) is 5.91 Å². The van der Waals surface area contributed by atoms with Crippen LogP contribution < -0.4 is 20.9 Å². The molecule has 0 aliphatic carbocycles. The van der Waals surface area contributed by atoms with E-state index in [9.17, 15) is 9.59 Å². The molecule has 26 heavy (non-hydrogen) atoms. The Kier molecular flexibility index (Phi) is 6.63. The van der Waals surface area contributed by atoms with E-state index < -0.39 is 0 Å². The van der Waals surface area contributed by atoms with E-state index in [-0.39, 0.29) is 11.8 Å². The normalized spacial score (nSPS) is 10.8. The first-order valence-corrected chi connectivity index (χ1v) is 8.22. The third-order valence-corrected chi connectivity index (χ3v) is 3.69. The predicted molar refractivity (Wildman–Crippen MR) is 102 cm³/mol. The van der Waals surface area contributed by atoms with Gasteiger partial charge in [0, 0.05) is 22.4 Å². The van der Waals surface area contributed by atoms with Gasteiger partial charge < -0.3 is 15.5 Å². The number of aryl methyl sites for hydroxylation is 1. The molecule has 0 saturated heterocycles. The lowest BCUT2D eigenvalue weighted by Crippen LogP contribution is -2.36. The summed E-state index contributed by atoms with van der Waals surface area (Å²) in [7, 11) is 1.54. The Bertz CT molecular complexity index is 832. The summed E-state index contributed by atoms with van der Waals surface area (Å²) in [6, 6.07) is 12.0. The van der Waals surface area contributed by atoms with Crippen LogP contribution in [0.4, 0.5) is 5.69 Å². The van der Waals surface area contributed by atoms with Crippen molar-refractivity contribution in [3.8, 4) is 5.75 Å². The molecular formula is C19H20ClN3O3. The number of methoxy groups -OCH3 is 1. The van der Waals surface area contributed by atoms with Crippen LogP contribution in [0.3, 0.4) is 0 Å². The fraction of sp³-hybridized carbons (Fsp3) is 0.158. The maximum Gasteiger partial charge on any atom is 0.269 e. The molecule has 2 rings (SSSR count). The van der Waals surface area contributed by atoms with Crippen LogP contribution in [0.1, 0.15) is 22.8 Å². The number of hydrogen-bond donors (Lipinski definition) is 3. The Hall–Kier alpha value is -2.99. The zero-order valence-corrected chi connectivity index (χ0v) is 15.5. The van der Waals surface area contributed by atoms with Gasteiger partial charge in [-0.3, -0.25) is 15.0 Å². The van der Waals surface area contributed by atoms with Crippen molar-refractivity contribution in [1.82, 2.24) is 10.9 Å². The highest BCUT2D eigenvalue weighted by molar-refractivity contribution is 6.30. The van der Waals surface area contributed by atoms with Crippen LogP contribution in [0, 0.1) is 6.92 Å². The molecule has 0 unspecified atom stereocenters. The Labute approximate surface area is 157 Å². The molecule has 0 spiro atoms. The molecule has 0 fully saturated rings. The first kappa shape index (κ1) is 19.3. The quantitative estimate of drug-likeness (QED) is 0.535. The number of hydrogen-bond acceptors (Lipinski definition) is 4. The van der Waals surface area contributed by atoms with Gasteiger partial charge in [-0.2, -0.15) is 0 Å². The molecular weight excluding hydrogens is 354 g/mol. The first-order valence-electron chi connectivity index (χ1n) is 7.85. The van der Waals surface area contributed by atoms with Crippen LogP contribution >= 0.6 is 11.6 Å². The molecule has 0 radical (unpaired) electrons. The van der Waals surface area contributed by atoms with Crippen LogP contribution in [0.25, 0.3) is 0 Å². The summed E-state index contributed by atoms with van der Waals surface area (Å²) in [6.07, 6.45) is 1.34. The van der Waals surface area contributed by atoms with E-state index in [1.807, 2.05) is 19.1 Å². The van der Waals surface area contributed by atoms with E-state index in [1.165, 1.54) is 13.2 Å². The van der Waals surface area contributed by atoms with Crippen molar-refractivity contribution in [3.05, 3.63) is 70.4 Å². The molecule has 2 amide bonds. The SMILES string of the molecule is COc1ccc(C)cc1NC(=O)C=C(C)NNC(=O)c1ccc(Cl)cc1. The van der Waals surface area contributed by atoms with Crippen molar-refractivity contribution in [2.24, 2.45) is 0 Å². The number of benzene rings is 2. The van der Waals surface area contributed by atoms with Crippen LogP contribution in [0.15, 0.2) is 54.2 Å². The third-order valence-electron chi connectivity index (χ3n) is 3.44. The number of rotatable bonds is 6. The van der Waals surface area contributed by atoms with E-state index in [1.54, 1.807) is 37.3 Å². The summed E-state index contributed by atoms with van der Waals surface area (Å²) in [6.45, 7) is 3.58. The average Bonchev–Trinajstić information content (AvgIpc) is 2.60. The lowest BCUT2D eigenvalue weighted by molar-refractivity contribution is -0.112. The standard InChI is InChI=1S/C19H20ClN3O3/c1-12-4-9-17(26-3)16(10-12)21-18(24)11-13(2)22-23-19(25)14-5-7-15(20)8-6-14/h4-11,22H,1-3H3,(H,21,24)(H,23,25). The molecule has 0 heterocycles. The van der Waals surface area contributed by atoms with Gasteiger partial charge in [-0.15, -0.1) is 0 Å². The smallest absolute Gasteiger partial charge is 0.269 e. The molecule has 2 aromatic rings. The van der Waals surface area contributed by atoms with Crippen molar-refractivity contribution >= 4 is 29.1 Å². The molecule has 0 saturated carbocycles. The summed E-state index contributed by atoms with van der Waals surface area (Å²) in [4.78, 5) is 24.1. The monoisotopic (exact) mass is 373 g/mol. The Morgan fingerprint density at radius 3 is 2.42 bits per heavy atom. The molecule has 0 bridgehead atoms. The van der Waals surface area contributed by atoms with Crippen LogP contribution in [-0.4, -0.2) is 18.9 Å². The zero-order valence-electron chi connectivity index (χ0n) is 14.7. The number of ether oxygens (including phenoxy) is 1. The van der Waals surface area contributed by atoms with Crippen molar-refractivity contribution in [3.63, 3.8) is 0 Å². The van der Waals surface area contributed by atoms with Crippen molar-refractivity contribution in [2.45, 2.75) is 13.8 Å². The lowest BCUT2D eigenvalue weighted by atomic mass is 10.2. The summed E-state index contributed by atoms with van der Waals surface area (Å²) >= 11 is 5.79. The van der Waals surface area contributed by atoms with Crippen LogP contribution in [-0.2, 0) is 4.79 Å². The second-order valence-electron chi connectivity index (χ2n) is 5.61. The Morgan fingerprint density at radius 1 is 1.08 bits per heavy atom. The molecule has 0 aliphatic heterocycles. The number of carbonyl (C=O) groups excluding carboxylic acids is 2. The maximum atomic E-state index is 12.1. The summed E-state index contributed by atoms with van der Waals surface area (Å²) < 4.78 is 5.23. The average molecular weight is 374 g/mol. The summed E-state index contributed by atoms with van der Waals surface area (Å²) in [5.74, 6) is -0.117. The molecule has 7 heteroatoms. The van der Waals surface area contributed by atoms with Gasteiger partial charge in [-0.05, 0) is 55.8 Å². The van der Waals surface area contributed by atoms with Crippen molar-refractivity contribution in [2.75, 3.05) is 12.4 Å². The first-order chi connectivity index (χ1) is 12.4. The number of anilines is 1. The van der Waals surface area contributed by atoms with E-state index in [2.05, 4.69) is 16.2 Å². The predicted octanol–water partition coefficient (Wildman–Crippen LogP) is 3.43. The Morgan fingerprint density at radius 2 is 1.77 bits per heavy atom. The van der Waals surface area contributed by atoms with E-state index in [0.29, 0.717) is 27.7 Å². The molecule has 0 aliphatic rings. The van der Waals surface area contributed by atoms with Gasteiger partial charge in [0.05, 0.1) is 12.8 Å². The third kappa shape index (κ3) is 5.53. The summed E-state index contributed by atoms with van der Waals surface area (Å²) in [5.41, 5.74) is 7.69. The highest BCUT2D eigenvalue weighted by Crippen LogP contribution is 2.25. The fourth-order valence-electron chi connectivity index (χ4n) is 2.15. The minimum absolute atomic E-state index is 0.338. The lowest BCUT2D eigenvalue weighted by Gasteiger charge is -2.11. The number of carbonyl (C=O) groups is 2. The Balaban J connectivity index is 1.94. The second kappa shape index (κ2) is 8.92. The highest BCUT2D eigenvalue weighted by atomic mass is 35.5. The number of allylic oxidation sites excluding steroid dienone is 1.